The zero-order chi connectivity index (χ0) is 23.5. The summed E-state index contributed by atoms with van der Waals surface area (Å²) in [7, 11) is 7.03. The molecule has 8 heteroatoms. The van der Waals surface area contributed by atoms with Crippen molar-refractivity contribution in [3.8, 4) is 0 Å². The first-order valence-corrected chi connectivity index (χ1v) is 12.7. The maximum atomic E-state index is 12.7. The predicted molar refractivity (Wildman–Crippen MR) is 118 cm³/mol. The number of hydrogen-bond donors (Lipinski definition) is 3. The molecule has 6 fully saturated rings. The van der Waals surface area contributed by atoms with Crippen LogP contribution < -0.4 is 0 Å². The molecule has 0 aromatic heterocycles. The molecule has 1 saturated heterocycles. The molecule has 1 aliphatic heterocycles. The Hall–Kier alpha value is -0.320. The number of aliphatic hydroxyl groups is 3. The highest BCUT2D eigenvalue weighted by Gasteiger charge is 2.87. The average molecular weight is 468 g/mol. The molecule has 33 heavy (non-hydrogen) atoms. The molecule has 0 aromatic carbocycles. The number of ether oxygens (including phenoxy) is 4. The summed E-state index contributed by atoms with van der Waals surface area (Å²) in [5.41, 5.74) is -2.07. The van der Waals surface area contributed by atoms with Crippen molar-refractivity contribution >= 4 is 0 Å². The fourth-order valence-electron chi connectivity index (χ4n) is 11.1. The second-order valence-corrected chi connectivity index (χ2v) is 11.7. The lowest BCUT2D eigenvalue weighted by atomic mass is 9.42. The van der Waals surface area contributed by atoms with Crippen LogP contribution in [-0.4, -0.2) is 104 Å². The van der Waals surface area contributed by atoms with E-state index in [1.807, 2.05) is 0 Å². The maximum absolute atomic E-state index is 12.7. The van der Waals surface area contributed by atoms with Crippen LogP contribution in [0.15, 0.2) is 0 Å². The van der Waals surface area contributed by atoms with E-state index in [2.05, 4.69) is 11.8 Å². The zero-order valence-corrected chi connectivity index (χ0v) is 20.5. The van der Waals surface area contributed by atoms with E-state index in [4.69, 9.17) is 18.9 Å². The van der Waals surface area contributed by atoms with Crippen molar-refractivity contribution in [1.82, 2.24) is 4.90 Å². The topological polar surface area (TPSA) is 101 Å². The number of rotatable bonds is 6. The van der Waals surface area contributed by atoms with Crippen molar-refractivity contribution in [1.29, 1.82) is 0 Å². The molecule has 5 saturated carbocycles. The van der Waals surface area contributed by atoms with Crippen LogP contribution in [0, 0.1) is 40.4 Å². The highest BCUT2D eigenvalue weighted by Crippen LogP contribution is 2.80. The van der Waals surface area contributed by atoms with Crippen LogP contribution in [0.1, 0.15) is 32.6 Å². The van der Waals surface area contributed by atoms with Crippen molar-refractivity contribution < 1.29 is 34.3 Å². The first-order chi connectivity index (χ1) is 15.9. The molecule has 0 unspecified atom stereocenters. The SMILES string of the molecule is CCN1[C@@H](O)[C@]2(CO)CC[C@H](OC)[C@@]34[C@@H]5C[C@H]6[C@H](OC)[C@@H]5[C@](O)(C[C@@H]6OC)[C@@H]([C@H](OC)[C@H]23)[C@@H]14. The lowest BCUT2D eigenvalue weighted by molar-refractivity contribution is -0.317. The van der Waals surface area contributed by atoms with Crippen molar-refractivity contribution in [2.24, 2.45) is 40.4 Å². The predicted octanol–water partition coefficient (Wildman–Crippen LogP) is 0.475. The van der Waals surface area contributed by atoms with Crippen molar-refractivity contribution in [3.63, 3.8) is 0 Å². The van der Waals surface area contributed by atoms with E-state index in [0.29, 0.717) is 19.4 Å². The Morgan fingerprint density at radius 1 is 1.00 bits per heavy atom. The molecule has 7 bridgehead atoms. The van der Waals surface area contributed by atoms with Gasteiger partial charge >= 0.3 is 0 Å². The summed E-state index contributed by atoms with van der Waals surface area (Å²) < 4.78 is 24.7. The number of nitrogens with zero attached hydrogens (tertiary/aromatic N) is 1. The van der Waals surface area contributed by atoms with Gasteiger partial charge in [0.15, 0.2) is 0 Å². The fourth-order valence-corrected chi connectivity index (χ4v) is 11.1. The van der Waals surface area contributed by atoms with Gasteiger partial charge in [-0.1, -0.05) is 6.92 Å². The lowest BCUT2D eigenvalue weighted by Crippen LogP contribution is -2.78. The van der Waals surface area contributed by atoms with Crippen molar-refractivity contribution in [3.05, 3.63) is 0 Å². The van der Waals surface area contributed by atoms with E-state index in [0.717, 1.165) is 12.8 Å². The Labute approximate surface area is 196 Å². The maximum Gasteiger partial charge on any atom is 0.115 e. The molecule has 8 nitrogen and oxygen atoms in total. The van der Waals surface area contributed by atoms with Gasteiger partial charge in [-0.25, -0.2) is 0 Å². The van der Waals surface area contributed by atoms with Crippen LogP contribution in [0.25, 0.3) is 0 Å². The largest absolute Gasteiger partial charge is 0.396 e. The van der Waals surface area contributed by atoms with Gasteiger partial charge in [-0.15, -0.1) is 0 Å². The summed E-state index contributed by atoms with van der Waals surface area (Å²) in [6.07, 6.45) is 1.67. The summed E-state index contributed by atoms with van der Waals surface area (Å²) in [6, 6.07) is -0.0875. The van der Waals surface area contributed by atoms with Crippen LogP contribution in [0.5, 0.6) is 0 Å². The monoisotopic (exact) mass is 467 g/mol. The van der Waals surface area contributed by atoms with Gasteiger partial charge in [0.1, 0.15) is 6.23 Å². The first kappa shape index (κ1) is 23.1. The molecule has 0 aromatic rings. The summed E-state index contributed by atoms with van der Waals surface area (Å²) in [6.45, 7) is 2.62. The third-order valence-corrected chi connectivity index (χ3v) is 11.6. The Kier molecular flexibility index (Phi) is 5.15. The molecule has 3 N–H and O–H groups in total. The van der Waals surface area contributed by atoms with E-state index < -0.39 is 17.2 Å². The molecule has 0 amide bonds. The van der Waals surface area contributed by atoms with Gasteiger partial charge in [0.25, 0.3) is 0 Å². The average Bonchev–Trinajstić information content (AvgIpc) is 3.29. The lowest BCUT2D eigenvalue weighted by Gasteiger charge is -2.70. The number of hydrogen-bond acceptors (Lipinski definition) is 8. The Morgan fingerprint density at radius 3 is 2.30 bits per heavy atom. The minimum atomic E-state index is -1.04. The smallest absolute Gasteiger partial charge is 0.115 e. The highest BCUT2D eigenvalue weighted by molar-refractivity contribution is 5.36. The first-order valence-electron chi connectivity index (χ1n) is 12.7. The molecule has 1 heterocycles. The van der Waals surface area contributed by atoms with Crippen LogP contribution in [-0.2, 0) is 18.9 Å². The molecule has 1 spiro atoms. The molecular weight excluding hydrogens is 426 g/mol. The van der Waals surface area contributed by atoms with Crippen molar-refractivity contribution in [2.45, 2.75) is 74.9 Å². The molecule has 6 aliphatic rings. The second-order valence-electron chi connectivity index (χ2n) is 11.7. The van der Waals surface area contributed by atoms with Crippen LogP contribution >= 0.6 is 0 Å². The van der Waals surface area contributed by atoms with Gasteiger partial charge in [-0.2, -0.15) is 0 Å². The standard InChI is InChI=1S/C25H41NO7/c1-6-26-21-17-19(33-5)20-23(11-27,22(26)28)8-7-15(31-3)25(20,21)13-9-12-14(30-2)10-24(17,29)16(13)18(12)32-4/h12-22,27-29H,6-11H2,1-5H3/t12-,13-,14+,15+,16-,17+,18+,19+,20-,21-,22+,23+,24-,25+/m1/s1. The summed E-state index contributed by atoms with van der Waals surface area (Å²) in [5, 5.41) is 35.4. The van der Waals surface area contributed by atoms with Crippen LogP contribution in [0.4, 0.5) is 0 Å². The van der Waals surface area contributed by atoms with Gasteiger partial charge in [0, 0.05) is 75.4 Å². The van der Waals surface area contributed by atoms with Crippen molar-refractivity contribution in [2.75, 3.05) is 41.6 Å². The van der Waals surface area contributed by atoms with E-state index in [1.54, 1.807) is 28.4 Å². The molecule has 14 atom stereocenters. The summed E-state index contributed by atoms with van der Waals surface area (Å²) in [4.78, 5) is 2.17. The molecule has 0 radical (unpaired) electrons. The molecule has 188 valence electrons. The Balaban J connectivity index is 1.66. The number of fused-ring (bicyclic) bond motifs is 2. The zero-order valence-electron chi connectivity index (χ0n) is 20.5. The minimum Gasteiger partial charge on any atom is -0.396 e. The van der Waals surface area contributed by atoms with Gasteiger partial charge < -0.3 is 34.3 Å². The third-order valence-electron chi connectivity index (χ3n) is 11.6. The quantitative estimate of drug-likeness (QED) is 0.519. The Morgan fingerprint density at radius 2 is 1.73 bits per heavy atom. The van der Waals surface area contributed by atoms with Crippen LogP contribution in [0.3, 0.4) is 0 Å². The third kappa shape index (κ3) is 2.24. The molecular formula is C25H41NO7. The number of likely N-dealkylation sites (tertiary alicyclic amines) is 1. The highest BCUT2D eigenvalue weighted by atomic mass is 16.5. The van der Waals surface area contributed by atoms with E-state index >= 15 is 0 Å². The second kappa shape index (κ2) is 7.35. The number of methoxy groups -OCH3 is 4. The van der Waals surface area contributed by atoms with Crippen LogP contribution in [0.2, 0.25) is 0 Å². The number of piperidine rings is 1. The number of aliphatic hydroxyl groups excluding tert-OH is 2. The summed E-state index contributed by atoms with van der Waals surface area (Å²) in [5.74, 6) is 0.00421. The normalized spacial score (nSPS) is 60.9. The fraction of sp³-hybridized carbons (Fsp3) is 1.00. The van der Waals surface area contributed by atoms with Gasteiger partial charge in [0.05, 0.1) is 36.6 Å². The van der Waals surface area contributed by atoms with E-state index in [9.17, 15) is 15.3 Å². The Bertz CT molecular complexity index is 799. The van der Waals surface area contributed by atoms with E-state index in [1.165, 1.54) is 0 Å². The van der Waals surface area contributed by atoms with Gasteiger partial charge in [0.2, 0.25) is 0 Å². The molecule has 6 rings (SSSR count). The van der Waals surface area contributed by atoms with E-state index in [-0.39, 0.29) is 72.1 Å². The summed E-state index contributed by atoms with van der Waals surface area (Å²) >= 11 is 0. The van der Waals surface area contributed by atoms with Gasteiger partial charge in [-0.05, 0) is 31.7 Å². The van der Waals surface area contributed by atoms with Gasteiger partial charge in [-0.3, -0.25) is 4.90 Å². The minimum absolute atomic E-state index is 0.0243. The molecule has 5 aliphatic carbocycles.